The highest BCUT2D eigenvalue weighted by Crippen LogP contribution is 2.27. The van der Waals surface area contributed by atoms with Crippen LogP contribution in [0, 0.1) is 10.5 Å². The van der Waals surface area contributed by atoms with E-state index in [-0.39, 0.29) is 5.56 Å². The molecule has 3 rings (SSSR count). The first kappa shape index (κ1) is 13.4. The van der Waals surface area contributed by atoms with Crippen molar-refractivity contribution < 1.29 is 14.3 Å². The van der Waals surface area contributed by atoms with Gasteiger partial charge in [0.05, 0.1) is 11.3 Å². The fourth-order valence-corrected chi connectivity index (χ4v) is 2.41. The van der Waals surface area contributed by atoms with E-state index in [2.05, 4.69) is 10.2 Å². The number of aromatic carboxylic acids is 1. The third-order valence-electron chi connectivity index (χ3n) is 3.11. The van der Waals surface area contributed by atoms with E-state index in [0.29, 0.717) is 15.9 Å². The van der Waals surface area contributed by atoms with Crippen molar-refractivity contribution in [2.75, 3.05) is 0 Å². The number of H-pyrrole nitrogens is 1. The lowest BCUT2D eigenvalue weighted by atomic mass is 10.0. The first-order valence-electron chi connectivity index (χ1n) is 6.08. The molecule has 0 bridgehead atoms. The van der Waals surface area contributed by atoms with Gasteiger partial charge in [-0.25, -0.2) is 9.18 Å². The van der Waals surface area contributed by atoms with Gasteiger partial charge in [-0.1, -0.05) is 36.5 Å². The van der Waals surface area contributed by atoms with Gasteiger partial charge in [0, 0.05) is 16.3 Å². The Balaban J connectivity index is 2.33. The van der Waals surface area contributed by atoms with Gasteiger partial charge in [-0.2, -0.15) is 5.10 Å². The number of carboxylic acid groups (broad SMARTS) is 1. The molecule has 3 aromatic rings. The second-order valence-corrected chi connectivity index (χ2v) is 4.89. The molecule has 21 heavy (non-hydrogen) atoms. The SMILES string of the molecule is O=C(O)c1cc(F)cc(-c2n[nH]c(=S)c3ccccc23)c1. The Labute approximate surface area is 123 Å². The van der Waals surface area contributed by atoms with Crippen LogP contribution in [0.1, 0.15) is 10.4 Å². The molecule has 0 atom stereocenters. The number of halogens is 1. The van der Waals surface area contributed by atoms with Crippen molar-refractivity contribution in [3.05, 3.63) is 58.5 Å². The van der Waals surface area contributed by atoms with Crippen molar-refractivity contribution >= 4 is 29.0 Å². The Morgan fingerprint density at radius 1 is 1.19 bits per heavy atom. The van der Waals surface area contributed by atoms with Gasteiger partial charge in [0.15, 0.2) is 0 Å². The van der Waals surface area contributed by atoms with Gasteiger partial charge in [-0.15, -0.1) is 0 Å². The highest BCUT2D eigenvalue weighted by molar-refractivity contribution is 7.71. The number of rotatable bonds is 2. The minimum atomic E-state index is -1.19. The highest BCUT2D eigenvalue weighted by atomic mass is 32.1. The summed E-state index contributed by atoms with van der Waals surface area (Å²) < 4.78 is 14.1. The van der Waals surface area contributed by atoms with E-state index in [0.717, 1.165) is 16.8 Å². The second kappa shape index (κ2) is 5.06. The summed E-state index contributed by atoms with van der Waals surface area (Å²) >= 11 is 5.17. The monoisotopic (exact) mass is 300 g/mol. The number of nitrogens with one attached hydrogen (secondary N) is 1. The van der Waals surface area contributed by atoms with E-state index >= 15 is 0 Å². The van der Waals surface area contributed by atoms with Crippen LogP contribution in [-0.2, 0) is 0 Å². The van der Waals surface area contributed by atoms with Crippen molar-refractivity contribution in [3.8, 4) is 11.3 Å². The minimum Gasteiger partial charge on any atom is -0.478 e. The Morgan fingerprint density at radius 2 is 1.90 bits per heavy atom. The molecule has 0 radical (unpaired) electrons. The third kappa shape index (κ3) is 2.41. The summed E-state index contributed by atoms with van der Waals surface area (Å²) in [5, 5.41) is 17.4. The van der Waals surface area contributed by atoms with Gasteiger partial charge in [-0.05, 0) is 18.2 Å². The van der Waals surface area contributed by atoms with Crippen molar-refractivity contribution in [3.63, 3.8) is 0 Å². The van der Waals surface area contributed by atoms with Gasteiger partial charge >= 0.3 is 5.97 Å². The van der Waals surface area contributed by atoms with Crippen LogP contribution >= 0.6 is 12.2 Å². The number of aromatic amines is 1. The average Bonchev–Trinajstić information content (AvgIpc) is 2.47. The standard InChI is InChI=1S/C15H9FN2O2S/c16-10-6-8(5-9(7-10)15(19)20)13-11-3-1-2-4-12(11)14(21)18-17-13/h1-7H,(H,18,21)(H,19,20). The van der Waals surface area contributed by atoms with Crippen LogP contribution in [0.4, 0.5) is 4.39 Å². The van der Waals surface area contributed by atoms with Crippen LogP contribution in [0.2, 0.25) is 0 Å². The first-order chi connectivity index (χ1) is 10.1. The molecule has 4 nitrogen and oxygen atoms in total. The number of carboxylic acids is 1. The van der Waals surface area contributed by atoms with Crippen LogP contribution in [0.25, 0.3) is 22.0 Å². The van der Waals surface area contributed by atoms with Gasteiger partial charge in [0.1, 0.15) is 10.5 Å². The third-order valence-corrected chi connectivity index (χ3v) is 3.43. The lowest BCUT2D eigenvalue weighted by Gasteiger charge is -2.07. The quantitative estimate of drug-likeness (QED) is 0.707. The zero-order valence-electron chi connectivity index (χ0n) is 10.6. The van der Waals surface area contributed by atoms with Crippen LogP contribution in [0.5, 0.6) is 0 Å². The van der Waals surface area contributed by atoms with Crippen LogP contribution in [0.15, 0.2) is 42.5 Å². The molecule has 2 aromatic carbocycles. The summed E-state index contributed by atoms with van der Waals surface area (Å²) in [4.78, 5) is 11.0. The minimum absolute atomic E-state index is 0.127. The van der Waals surface area contributed by atoms with E-state index in [9.17, 15) is 9.18 Å². The molecule has 0 aliphatic heterocycles. The summed E-state index contributed by atoms with van der Waals surface area (Å²) in [6.07, 6.45) is 0. The lowest BCUT2D eigenvalue weighted by Crippen LogP contribution is -1.99. The fraction of sp³-hybridized carbons (Fsp3) is 0. The predicted molar refractivity (Wildman–Crippen MR) is 79.3 cm³/mol. The summed E-state index contributed by atoms with van der Waals surface area (Å²) in [6, 6.07) is 10.9. The number of hydrogen-bond donors (Lipinski definition) is 2. The summed E-state index contributed by atoms with van der Waals surface area (Å²) in [5.74, 6) is -1.82. The zero-order chi connectivity index (χ0) is 15.0. The maximum absolute atomic E-state index is 13.6. The Bertz CT molecular complexity index is 921. The highest BCUT2D eigenvalue weighted by Gasteiger charge is 2.12. The van der Waals surface area contributed by atoms with Crippen molar-refractivity contribution in [1.82, 2.24) is 10.2 Å². The van der Waals surface area contributed by atoms with E-state index in [1.807, 2.05) is 24.3 Å². The average molecular weight is 300 g/mol. The first-order valence-corrected chi connectivity index (χ1v) is 6.49. The second-order valence-electron chi connectivity index (χ2n) is 4.48. The van der Waals surface area contributed by atoms with Crippen LogP contribution in [-0.4, -0.2) is 21.3 Å². The van der Waals surface area contributed by atoms with E-state index < -0.39 is 11.8 Å². The maximum atomic E-state index is 13.6. The number of fused-ring (bicyclic) bond motifs is 1. The molecule has 6 heteroatoms. The Morgan fingerprint density at radius 3 is 2.62 bits per heavy atom. The van der Waals surface area contributed by atoms with Gasteiger partial charge < -0.3 is 5.11 Å². The molecule has 1 heterocycles. The molecular weight excluding hydrogens is 291 g/mol. The Kier molecular flexibility index (Phi) is 3.23. The summed E-state index contributed by atoms with van der Waals surface area (Å²) in [5.41, 5.74) is 0.717. The lowest BCUT2D eigenvalue weighted by molar-refractivity contribution is 0.0696. The van der Waals surface area contributed by atoms with Crippen molar-refractivity contribution in [1.29, 1.82) is 0 Å². The molecule has 0 aliphatic rings. The van der Waals surface area contributed by atoms with Crippen LogP contribution < -0.4 is 0 Å². The molecule has 1 aromatic heterocycles. The molecule has 0 unspecified atom stereocenters. The Hall–Kier alpha value is -2.60. The fourth-order valence-electron chi connectivity index (χ4n) is 2.18. The summed E-state index contributed by atoms with van der Waals surface area (Å²) in [6.45, 7) is 0. The van der Waals surface area contributed by atoms with Crippen molar-refractivity contribution in [2.24, 2.45) is 0 Å². The number of carbonyl (C=O) groups is 1. The molecule has 0 saturated carbocycles. The molecule has 0 amide bonds. The van der Waals surface area contributed by atoms with E-state index in [1.165, 1.54) is 12.1 Å². The van der Waals surface area contributed by atoms with Gasteiger partial charge in [0.25, 0.3) is 0 Å². The van der Waals surface area contributed by atoms with Gasteiger partial charge in [0.2, 0.25) is 0 Å². The molecule has 0 spiro atoms. The smallest absolute Gasteiger partial charge is 0.335 e. The molecular formula is C15H9FN2O2S. The zero-order valence-corrected chi connectivity index (χ0v) is 11.4. The van der Waals surface area contributed by atoms with E-state index in [1.54, 1.807) is 0 Å². The van der Waals surface area contributed by atoms with Gasteiger partial charge in [-0.3, -0.25) is 5.10 Å². The molecule has 0 saturated heterocycles. The van der Waals surface area contributed by atoms with Crippen molar-refractivity contribution in [2.45, 2.75) is 0 Å². The molecule has 0 aliphatic carbocycles. The molecule has 2 N–H and O–H groups in total. The molecule has 104 valence electrons. The number of benzene rings is 2. The number of hydrogen-bond acceptors (Lipinski definition) is 3. The normalized spacial score (nSPS) is 10.7. The predicted octanol–water partition coefficient (Wildman–Crippen LogP) is 3.80. The van der Waals surface area contributed by atoms with E-state index in [4.69, 9.17) is 17.3 Å². The summed E-state index contributed by atoms with van der Waals surface area (Å²) in [7, 11) is 0. The van der Waals surface area contributed by atoms with Crippen LogP contribution in [0.3, 0.4) is 0 Å². The topological polar surface area (TPSA) is 66.0 Å². The molecule has 0 fully saturated rings. The number of aromatic nitrogens is 2. The maximum Gasteiger partial charge on any atom is 0.335 e. The number of nitrogens with zero attached hydrogens (tertiary/aromatic N) is 1. The largest absolute Gasteiger partial charge is 0.478 e.